The van der Waals surface area contributed by atoms with E-state index in [1.54, 1.807) is 6.33 Å². The molecule has 0 amide bonds. The summed E-state index contributed by atoms with van der Waals surface area (Å²) in [4.78, 5) is 13.0. The van der Waals surface area contributed by atoms with Crippen molar-refractivity contribution in [3.63, 3.8) is 0 Å². The summed E-state index contributed by atoms with van der Waals surface area (Å²) in [6, 6.07) is 0. The molecule has 22 heavy (non-hydrogen) atoms. The molecule has 3 heterocycles. The van der Waals surface area contributed by atoms with Gasteiger partial charge in [-0.25, -0.2) is 15.0 Å². The van der Waals surface area contributed by atoms with E-state index in [0.29, 0.717) is 12.4 Å². The van der Waals surface area contributed by atoms with Crippen LogP contribution in [0.4, 0.5) is 5.82 Å². The van der Waals surface area contributed by atoms with Gasteiger partial charge in [-0.2, -0.15) is 0 Å². The van der Waals surface area contributed by atoms with Crippen LogP contribution in [0.2, 0.25) is 0 Å². The Morgan fingerprint density at radius 2 is 2.36 bits per heavy atom. The molecule has 0 bridgehead atoms. The number of nitrogens with one attached hydrogen (secondary N) is 1. The van der Waals surface area contributed by atoms with Crippen molar-refractivity contribution in [2.45, 2.75) is 32.4 Å². The number of aliphatic hydroxyl groups is 1. The maximum absolute atomic E-state index is 9.00. The number of hydrogen-bond donors (Lipinski definition) is 2. The van der Waals surface area contributed by atoms with Crippen molar-refractivity contribution in [1.29, 1.82) is 0 Å². The van der Waals surface area contributed by atoms with Gasteiger partial charge in [-0.05, 0) is 26.2 Å². The van der Waals surface area contributed by atoms with Gasteiger partial charge in [-0.15, -0.1) is 0 Å². The summed E-state index contributed by atoms with van der Waals surface area (Å²) in [7, 11) is 0. The summed E-state index contributed by atoms with van der Waals surface area (Å²) in [6.07, 6.45) is 8.50. The summed E-state index contributed by atoms with van der Waals surface area (Å²) in [5.74, 6) is 0.696. The Morgan fingerprint density at radius 3 is 3.14 bits per heavy atom. The van der Waals surface area contributed by atoms with Crippen molar-refractivity contribution in [1.82, 2.24) is 19.5 Å². The second-order valence-corrected chi connectivity index (χ2v) is 5.46. The lowest BCUT2D eigenvalue weighted by Gasteiger charge is -2.23. The molecule has 1 fully saturated rings. The summed E-state index contributed by atoms with van der Waals surface area (Å²) in [5.41, 5.74) is 2.44. The molecule has 118 valence electrons. The highest BCUT2D eigenvalue weighted by molar-refractivity contribution is 5.82. The average Bonchev–Trinajstić information content (AvgIpc) is 3.00. The minimum absolute atomic E-state index is 0.0121. The number of aromatic nitrogens is 4. The standard InChI is InChI=1S/C15H21N5O2/c1-11(8-21)5-6-16-14-13-15(18-9-17-14)20(10-19-13)12-4-2-3-7-22-12/h5,9-10,12,21H,2-4,6-8H2,1H3,(H,16,17,18)/b11-5+. The maximum atomic E-state index is 9.00. The van der Waals surface area contributed by atoms with Gasteiger partial charge in [0.2, 0.25) is 0 Å². The number of rotatable bonds is 5. The van der Waals surface area contributed by atoms with E-state index in [4.69, 9.17) is 9.84 Å². The predicted molar refractivity (Wildman–Crippen MR) is 83.5 cm³/mol. The van der Waals surface area contributed by atoms with Gasteiger partial charge < -0.3 is 15.2 Å². The van der Waals surface area contributed by atoms with Crippen LogP contribution < -0.4 is 5.32 Å². The molecule has 1 atom stereocenters. The Balaban J connectivity index is 1.82. The van der Waals surface area contributed by atoms with Crippen LogP contribution in [-0.4, -0.2) is 44.4 Å². The lowest BCUT2D eigenvalue weighted by atomic mass is 10.2. The van der Waals surface area contributed by atoms with E-state index >= 15 is 0 Å². The highest BCUT2D eigenvalue weighted by Crippen LogP contribution is 2.27. The Kier molecular flexibility index (Phi) is 4.65. The molecule has 0 aromatic carbocycles. The zero-order valence-electron chi connectivity index (χ0n) is 12.7. The van der Waals surface area contributed by atoms with E-state index in [2.05, 4.69) is 20.3 Å². The maximum Gasteiger partial charge on any atom is 0.167 e. The third-order valence-electron chi connectivity index (χ3n) is 3.79. The fraction of sp³-hybridized carbons (Fsp3) is 0.533. The Hall–Kier alpha value is -1.99. The second kappa shape index (κ2) is 6.85. The van der Waals surface area contributed by atoms with Crippen molar-refractivity contribution in [3.8, 4) is 0 Å². The van der Waals surface area contributed by atoms with E-state index in [-0.39, 0.29) is 12.8 Å². The van der Waals surface area contributed by atoms with Crippen molar-refractivity contribution >= 4 is 17.0 Å². The van der Waals surface area contributed by atoms with E-state index < -0.39 is 0 Å². The average molecular weight is 303 g/mol. The smallest absolute Gasteiger partial charge is 0.167 e. The Labute approximate surface area is 129 Å². The molecule has 2 N–H and O–H groups in total. The first-order chi connectivity index (χ1) is 10.8. The van der Waals surface area contributed by atoms with Crippen molar-refractivity contribution < 1.29 is 9.84 Å². The van der Waals surface area contributed by atoms with Gasteiger partial charge in [0.25, 0.3) is 0 Å². The van der Waals surface area contributed by atoms with Gasteiger partial charge >= 0.3 is 0 Å². The molecular weight excluding hydrogens is 282 g/mol. The van der Waals surface area contributed by atoms with E-state index in [0.717, 1.165) is 42.6 Å². The number of fused-ring (bicyclic) bond motifs is 1. The first-order valence-electron chi connectivity index (χ1n) is 7.59. The fourth-order valence-corrected chi connectivity index (χ4v) is 2.52. The fourth-order valence-electron chi connectivity index (χ4n) is 2.52. The van der Waals surface area contributed by atoms with E-state index in [1.165, 1.54) is 6.33 Å². The minimum atomic E-state index is 0.0121. The molecule has 7 nitrogen and oxygen atoms in total. The van der Waals surface area contributed by atoms with Crippen LogP contribution >= 0.6 is 0 Å². The van der Waals surface area contributed by atoms with Crippen LogP contribution in [0.3, 0.4) is 0 Å². The van der Waals surface area contributed by atoms with Gasteiger partial charge in [0.05, 0.1) is 12.9 Å². The first kappa shape index (κ1) is 14.9. The predicted octanol–water partition coefficient (Wildman–Crippen LogP) is 1.88. The van der Waals surface area contributed by atoms with Gasteiger partial charge in [0.15, 0.2) is 17.0 Å². The summed E-state index contributed by atoms with van der Waals surface area (Å²) < 4.78 is 7.78. The lowest BCUT2D eigenvalue weighted by molar-refractivity contribution is -0.0298. The highest BCUT2D eigenvalue weighted by Gasteiger charge is 2.19. The SMILES string of the molecule is C/C(=C\CNc1ncnc2c1ncn2C1CCCCO1)CO. The zero-order chi connectivity index (χ0) is 15.4. The summed E-state index contributed by atoms with van der Waals surface area (Å²) in [5, 5.41) is 12.2. The first-order valence-corrected chi connectivity index (χ1v) is 7.59. The van der Waals surface area contributed by atoms with Gasteiger partial charge in [0, 0.05) is 13.2 Å². The molecule has 2 aromatic rings. The molecule has 0 saturated carbocycles. The molecule has 7 heteroatoms. The Bertz CT molecular complexity index is 661. The molecule has 3 rings (SSSR count). The largest absolute Gasteiger partial charge is 0.392 e. The van der Waals surface area contributed by atoms with Gasteiger partial charge in [0.1, 0.15) is 12.6 Å². The normalized spacial score (nSPS) is 19.5. The number of imidazole rings is 1. The van der Waals surface area contributed by atoms with E-state index in [1.807, 2.05) is 17.6 Å². The van der Waals surface area contributed by atoms with Gasteiger partial charge in [-0.3, -0.25) is 4.57 Å². The van der Waals surface area contributed by atoms with Crippen LogP contribution in [0.5, 0.6) is 0 Å². The minimum Gasteiger partial charge on any atom is -0.392 e. The van der Waals surface area contributed by atoms with Crippen LogP contribution in [0.1, 0.15) is 32.4 Å². The third kappa shape index (κ3) is 3.10. The van der Waals surface area contributed by atoms with Crippen molar-refractivity contribution in [2.75, 3.05) is 25.1 Å². The monoisotopic (exact) mass is 303 g/mol. The second-order valence-electron chi connectivity index (χ2n) is 5.46. The van der Waals surface area contributed by atoms with Crippen LogP contribution in [0.25, 0.3) is 11.2 Å². The molecule has 2 aromatic heterocycles. The molecule has 0 aliphatic carbocycles. The lowest BCUT2D eigenvalue weighted by Crippen LogP contribution is -2.17. The molecule has 0 radical (unpaired) electrons. The molecule has 1 aliphatic rings. The number of nitrogens with zero attached hydrogens (tertiary/aromatic N) is 4. The van der Waals surface area contributed by atoms with E-state index in [9.17, 15) is 0 Å². The van der Waals surface area contributed by atoms with Crippen LogP contribution in [0, 0.1) is 0 Å². The third-order valence-corrected chi connectivity index (χ3v) is 3.79. The number of hydrogen-bond acceptors (Lipinski definition) is 6. The molecule has 1 unspecified atom stereocenters. The molecule has 1 saturated heterocycles. The van der Waals surface area contributed by atoms with Crippen LogP contribution in [0.15, 0.2) is 24.3 Å². The van der Waals surface area contributed by atoms with Gasteiger partial charge in [-0.1, -0.05) is 11.6 Å². The molecule has 0 spiro atoms. The number of aliphatic hydroxyl groups excluding tert-OH is 1. The Morgan fingerprint density at radius 1 is 1.45 bits per heavy atom. The quantitative estimate of drug-likeness (QED) is 0.820. The summed E-state index contributed by atoms with van der Waals surface area (Å²) in [6.45, 7) is 3.32. The van der Waals surface area contributed by atoms with Crippen molar-refractivity contribution in [3.05, 3.63) is 24.3 Å². The summed E-state index contributed by atoms with van der Waals surface area (Å²) >= 11 is 0. The highest BCUT2D eigenvalue weighted by atomic mass is 16.5. The molecular formula is C15H21N5O2. The molecule has 1 aliphatic heterocycles. The number of ether oxygens (including phenoxy) is 1. The topological polar surface area (TPSA) is 85.1 Å². The van der Waals surface area contributed by atoms with Crippen LogP contribution in [-0.2, 0) is 4.74 Å². The van der Waals surface area contributed by atoms with Crippen molar-refractivity contribution in [2.24, 2.45) is 0 Å². The zero-order valence-corrected chi connectivity index (χ0v) is 12.7. The number of anilines is 1.